The van der Waals surface area contributed by atoms with Crippen LogP contribution in [-0.4, -0.2) is 11.0 Å². The van der Waals surface area contributed by atoms with Gasteiger partial charge in [0.05, 0.1) is 0 Å². The molecule has 1 saturated carbocycles. The summed E-state index contributed by atoms with van der Waals surface area (Å²) >= 11 is 5.18. The molecule has 0 aromatic heterocycles. The van der Waals surface area contributed by atoms with Gasteiger partial charge in [-0.25, -0.2) is 0 Å². The monoisotopic (exact) mass is 305 g/mol. The molecular formula is C16H23N3OS. The van der Waals surface area contributed by atoms with Crippen LogP contribution in [0.15, 0.2) is 24.3 Å². The van der Waals surface area contributed by atoms with Gasteiger partial charge in [-0.1, -0.05) is 38.8 Å². The van der Waals surface area contributed by atoms with E-state index in [4.69, 9.17) is 12.2 Å². The van der Waals surface area contributed by atoms with E-state index < -0.39 is 0 Å². The van der Waals surface area contributed by atoms with Crippen LogP contribution in [0.1, 0.15) is 51.0 Å². The Balaban J connectivity index is 1.77. The highest BCUT2D eigenvalue weighted by Crippen LogP contribution is 2.24. The van der Waals surface area contributed by atoms with E-state index in [2.05, 4.69) is 42.1 Å². The fourth-order valence-corrected chi connectivity index (χ4v) is 2.69. The Kier molecular flexibility index (Phi) is 5.56. The molecule has 0 heterocycles. The lowest BCUT2D eigenvalue weighted by Crippen LogP contribution is -2.45. The minimum absolute atomic E-state index is 0.0341. The number of hydrazine groups is 1. The van der Waals surface area contributed by atoms with Crippen LogP contribution in [0, 0.1) is 5.92 Å². The molecular weight excluding hydrogens is 282 g/mol. The van der Waals surface area contributed by atoms with Crippen molar-refractivity contribution in [3.05, 3.63) is 29.8 Å². The Morgan fingerprint density at radius 3 is 2.33 bits per heavy atom. The van der Waals surface area contributed by atoms with Crippen molar-refractivity contribution in [1.82, 2.24) is 10.9 Å². The topological polar surface area (TPSA) is 53.2 Å². The standard InChI is InChI=1S/C16H23N3OS/c1-11(2)12-7-9-14(10-8-12)17-16(21)19-18-15(20)13-5-3-4-6-13/h7-11,13H,3-6H2,1-2H3,(H,18,20)(H2,17,19,21). The van der Waals surface area contributed by atoms with E-state index in [1.165, 1.54) is 5.56 Å². The van der Waals surface area contributed by atoms with Gasteiger partial charge in [-0.2, -0.15) is 0 Å². The first-order valence-corrected chi connectivity index (χ1v) is 7.94. The van der Waals surface area contributed by atoms with Gasteiger partial charge in [-0.3, -0.25) is 15.6 Å². The van der Waals surface area contributed by atoms with Gasteiger partial charge in [0.15, 0.2) is 5.11 Å². The molecule has 1 fully saturated rings. The molecule has 0 atom stereocenters. The summed E-state index contributed by atoms with van der Waals surface area (Å²) in [5, 5.41) is 3.46. The van der Waals surface area contributed by atoms with Crippen LogP contribution in [0.2, 0.25) is 0 Å². The average Bonchev–Trinajstić information content (AvgIpc) is 2.99. The van der Waals surface area contributed by atoms with Crippen molar-refractivity contribution in [1.29, 1.82) is 0 Å². The lowest BCUT2D eigenvalue weighted by molar-refractivity contribution is -0.125. The molecule has 114 valence electrons. The van der Waals surface area contributed by atoms with Gasteiger partial charge in [0.2, 0.25) is 5.91 Å². The molecule has 0 unspecified atom stereocenters. The number of amides is 1. The maximum Gasteiger partial charge on any atom is 0.241 e. The largest absolute Gasteiger partial charge is 0.331 e. The number of thiocarbonyl (C=S) groups is 1. The first-order chi connectivity index (χ1) is 10.1. The molecule has 5 heteroatoms. The highest BCUT2D eigenvalue weighted by Gasteiger charge is 2.22. The second-order valence-electron chi connectivity index (χ2n) is 5.83. The molecule has 0 aliphatic heterocycles. The molecule has 1 aromatic rings. The molecule has 4 nitrogen and oxygen atoms in total. The number of carbonyl (C=O) groups excluding carboxylic acids is 1. The lowest BCUT2D eigenvalue weighted by atomic mass is 10.0. The van der Waals surface area contributed by atoms with Crippen LogP contribution in [0.25, 0.3) is 0 Å². The predicted molar refractivity (Wildman–Crippen MR) is 90.0 cm³/mol. The van der Waals surface area contributed by atoms with Gasteiger partial charge < -0.3 is 5.32 Å². The Morgan fingerprint density at radius 1 is 1.14 bits per heavy atom. The molecule has 1 aliphatic carbocycles. The third kappa shape index (κ3) is 4.70. The Hall–Kier alpha value is -1.62. The van der Waals surface area contributed by atoms with Crippen LogP contribution in [0.4, 0.5) is 5.69 Å². The van der Waals surface area contributed by atoms with Crippen LogP contribution in [0.5, 0.6) is 0 Å². The van der Waals surface area contributed by atoms with Gasteiger partial charge in [-0.05, 0) is 48.7 Å². The molecule has 0 radical (unpaired) electrons. The van der Waals surface area contributed by atoms with Crippen molar-refractivity contribution >= 4 is 28.9 Å². The van der Waals surface area contributed by atoms with Crippen LogP contribution in [0.3, 0.4) is 0 Å². The summed E-state index contributed by atoms with van der Waals surface area (Å²) in [4.78, 5) is 11.9. The molecule has 0 saturated heterocycles. The molecule has 2 rings (SSSR count). The number of hydrogen-bond donors (Lipinski definition) is 3. The van der Waals surface area contributed by atoms with E-state index in [0.29, 0.717) is 11.0 Å². The normalized spacial score (nSPS) is 15.0. The van der Waals surface area contributed by atoms with Gasteiger partial charge in [0.25, 0.3) is 0 Å². The van der Waals surface area contributed by atoms with E-state index in [9.17, 15) is 4.79 Å². The van der Waals surface area contributed by atoms with Gasteiger partial charge >= 0.3 is 0 Å². The first-order valence-electron chi connectivity index (χ1n) is 7.53. The Bertz CT molecular complexity index is 493. The van der Waals surface area contributed by atoms with E-state index in [0.717, 1.165) is 31.4 Å². The molecule has 1 amide bonds. The van der Waals surface area contributed by atoms with Crippen molar-refractivity contribution in [3.63, 3.8) is 0 Å². The fourth-order valence-electron chi connectivity index (χ4n) is 2.52. The van der Waals surface area contributed by atoms with E-state index in [-0.39, 0.29) is 11.8 Å². The number of rotatable bonds is 3. The van der Waals surface area contributed by atoms with Crippen molar-refractivity contribution in [3.8, 4) is 0 Å². The highest BCUT2D eigenvalue weighted by atomic mass is 32.1. The molecule has 1 aliphatic rings. The zero-order valence-corrected chi connectivity index (χ0v) is 13.4. The van der Waals surface area contributed by atoms with Crippen molar-refractivity contribution < 1.29 is 4.79 Å². The number of nitrogens with one attached hydrogen (secondary N) is 3. The third-order valence-corrected chi connectivity index (χ3v) is 4.06. The number of carbonyl (C=O) groups is 1. The van der Waals surface area contributed by atoms with Crippen LogP contribution in [-0.2, 0) is 4.79 Å². The van der Waals surface area contributed by atoms with E-state index in [1.54, 1.807) is 0 Å². The maximum absolute atomic E-state index is 11.9. The average molecular weight is 305 g/mol. The van der Waals surface area contributed by atoms with E-state index in [1.807, 2.05) is 12.1 Å². The summed E-state index contributed by atoms with van der Waals surface area (Å²) in [5.74, 6) is 0.673. The maximum atomic E-state index is 11.9. The van der Waals surface area contributed by atoms with Crippen molar-refractivity contribution in [2.24, 2.45) is 5.92 Å². The predicted octanol–water partition coefficient (Wildman–Crippen LogP) is 3.32. The summed E-state index contributed by atoms with van der Waals surface area (Å²) in [6, 6.07) is 8.13. The summed E-state index contributed by atoms with van der Waals surface area (Å²) in [7, 11) is 0. The second-order valence-corrected chi connectivity index (χ2v) is 6.23. The zero-order valence-electron chi connectivity index (χ0n) is 12.6. The van der Waals surface area contributed by atoms with E-state index >= 15 is 0 Å². The molecule has 3 N–H and O–H groups in total. The minimum Gasteiger partial charge on any atom is -0.331 e. The lowest BCUT2D eigenvalue weighted by Gasteiger charge is -2.14. The zero-order chi connectivity index (χ0) is 15.2. The van der Waals surface area contributed by atoms with Gasteiger partial charge in [0, 0.05) is 11.6 Å². The summed E-state index contributed by atoms with van der Waals surface area (Å²) < 4.78 is 0. The van der Waals surface area contributed by atoms with Gasteiger partial charge in [-0.15, -0.1) is 0 Å². The fraction of sp³-hybridized carbons (Fsp3) is 0.500. The summed E-state index contributed by atoms with van der Waals surface area (Å²) in [6.45, 7) is 4.32. The Morgan fingerprint density at radius 2 is 1.76 bits per heavy atom. The molecule has 0 spiro atoms. The van der Waals surface area contributed by atoms with Crippen LogP contribution >= 0.6 is 12.2 Å². The molecule has 21 heavy (non-hydrogen) atoms. The second kappa shape index (κ2) is 7.41. The molecule has 1 aromatic carbocycles. The molecule has 0 bridgehead atoms. The summed E-state index contributed by atoms with van der Waals surface area (Å²) in [5.41, 5.74) is 7.64. The SMILES string of the molecule is CC(C)c1ccc(NC(=S)NNC(=O)C2CCCC2)cc1. The number of benzene rings is 1. The smallest absolute Gasteiger partial charge is 0.241 e. The summed E-state index contributed by atoms with van der Waals surface area (Å²) in [6.07, 6.45) is 4.24. The first kappa shape index (κ1) is 15.8. The third-order valence-electron chi connectivity index (χ3n) is 3.86. The number of anilines is 1. The van der Waals surface area contributed by atoms with Crippen molar-refractivity contribution in [2.75, 3.05) is 5.32 Å². The van der Waals surface area contributed by atoms with Crippen LogP contribution < -0.4 is 16.2 Å². The Labute approximate surface area is 131 Å². The quantitative estimate of drug-likeness (QED) is 0.592. The van der Waals surface area contributed by atoms with Crippen molar-refractivity contribution in [2.45, 2.75) is 45.4 Å². The van der Waals surface area contributed by atoms with Gasteiger partial charge in [0.1, 0.15) is 0 Å². The minimum atomic E-state index is 0.0341. The number of hydrogen-bond acceptors (Lipinski definition) is 2. The highest BCUT2D eigenvalue weighted by molar-refractivity contribution is 7.80.